The maximum absolute atomic E-state index is 13.8. The first-order chi connectivity index (χ1) is 17.6. The van der Waals surface area contributed by atoms with E-state index in [9.17, 15) is 14.4 Å². The summed E-state index contributed by atoms with van der Waals surface area (Å²) in [5, 5.41) is 5.72. The maximum atomic E-state index is 13.8. The molecule has 1 aromatic carbocycles. The monoisotopic (exact) mass is 490 g/mol. The summed E-state index contributed by atoms with van der Waals surface area (Å²) in [5.41, 5.74) is 1.03. The van der Waals surface area contributed by atoms with Crippen molar-refractivity contribution in [1.82, 2.24) is 15.6 Å². The molecule has 0 spiro atoms. The van der Waals surface area contributed by atoms with Gasteiger partial charge in [-0.25, -0.2) is 0 Å². The molecule has 4 rings (SSSR count). The molecule has 9 nitrogen and oxygen atoms in total. The average molecular weight is 491 g/mol. The van der Waals surface area contributed by atoms with Crippen molar-refractivity contribution in [2.75, 3.05) is 18.1 Å². The van der Waals surface area contributed by atoms with Crippen molar-refractivity contribution in [3.05, 3.63) is 78.5 Å². The summed E-state index contributed by atoms with van der Waals surface area (Å²) in [6.45, 7) is 1.88. The topological polar surface area (TPSA) is 114 Å². The summed E-state index contributed by atoms with van der Waals surface area (Å²) < 4.78 is 10.9. The second-order valence-corrected chi connectivity index (χ2v) is 8.50. The zero-order chi connectivity index (χ0) is 25.3. The lowest BCUT2D eigenvalue weighted by Gasteiger charge is -2.33. The molecule has 1 fully saturated rings. The fourth-order valence-electron chi connectivity index (χ4n) is 4.40. The molecular formula is C27H30N4O5. The van der Waals surface area contributed by atoms with Crippen molar-refractivity contribution < 1.29 is 23.5 Å². The van der Waals surface area contributed by atoms with E-state index in [1.807, 2.05) is 6.92 Å². The van der Waals surface area contributed by atoms with Crippen molar-refractivity contribution >= 4 is 23.4 Å². The number of pyridine rings is 1. The molecule has 36 heavy (non-hydrogen) atoms. The molecule has 188 valence electrons. The van der Waals surface area contributed by atoms with Crippen LogP contribution < -0.4 is 20.3 Å². The first-order valence-electron chi connectivity index (χ1n) is 12.1. The summed E-state index contributed by atoms with van der Waals surface area (Å²) in [5.74, 6) is -0.759. The van der Waals surface area contributed by atoms with Gasteiger partial charge in [0.1, 0.15) is 11.8 Å². The number of furan rings is 1. The lowest BCUT2D eigenvalue weighted by Crippen LogP contribution is -2.49. The average Bonchev–Trinajstić information content (AvgIpc) is 3.62. The number of aromatic nitrogens is 1. The van der Waals surface area contributed by atoms with Gasteiger partial charge in [-0.05, 0) is 61.7 Å². The number of anilines is 1. The molecule has 0 unspecified atom stereocenters. The first-order valence-corrected chi connectivity index (χ1v) is 12.1. The number of rotatable bonds is 10. The number of hydrogen-bond donors (Lipinski definition) is 2. The van der Waals surface area contributed by atoms with Crippen molar-refractivity contribution in [1.29, 1.82) is 0 Å². The molecule has 1 aliphatic rings. The van der Waals surface area contributed by atoms with Gasteiger partial charge in [-0.2, -0.15) is 0 Å². The van der Waals surface area contributed by atoms with E-state index in [4.69, 9.17) is 9.15 Å². The lowest BCUT2D eigenvalue weighted by molar-refractivity contribution is -0.126. The van der Waals surface area contributed by atoms with Crippen molar-refractivity contribution in [2.24, 2.45) is 0 Å². The molecule has 0 radical (unpaired) electrons. The van der Waals surface area contributed by atoms with Crippen LogP contribution in [-0.2, 0) is 9.59 Å². The SMILES string of the molecule is CCOc1ccccc1N(C(=O)CNC(=O)c1ccco1)[C@H](C(=O)NC1CCCC1)c1ccncc1. The molecule has 0 saturated heterocycles. The third-order valence-corrected chi connectivity index (χ3v) is 6.07. The number of hydrogen-bond acceptors (Lipinski definition) is 6. The summed E-state index contributed by atoms with van der Waals surface area (Å²) >= 11 is 0. The maximum Gasteiger partial charge on any atom is 0.287 e. The Labute approximate surface area is 209 Å². The summed E-state index contributed by atoms with van der Waals surface area (Å²) in [6.07, 6.45) is 8.46. The van der Waals surface area contributed by atoms with Gasteiger partial charge < -0.3 is 19.8 Å². The molecule has 3 amide bonds. The molecule has 0 bridgehead atoms. The Kier molecular flexibility index (Phi) is 8.33. The Balaban J connectivity index is 1.71. The number of ether oxygens (including phenoxy) is 1. The predicted molar refractivity (Wildman–Crippen MR) is 134 cm³/mol. The fourth-order valence-corrected chi connectivity index (χ4v) is 4.40. The van der Waals surface area contributed by atoms with E-state index >= 15 is 0 Å². The van der Waals surface area contributed by atoms with Crippen LogP contribution in [0, 0.1) is 0 Å². The molecular weight excluding hydrogens is 460 g/mol. The predicted octanol–water partition coefficient (Wildman–Crippen LogP) is 3.64. The van der Waals surface area contributed by atoms with Gasteiger partial charge in [0.05, 0.1) is 25.1 Å². The quantitative estimate of drug-likeness (QED) is 0.449. The zero-order valence-corrected chi connectivity index (χ0v) is 20.2. The van der Waals surface area contributed by atoms with E-state index in [1.165, 1.54) is 17.2 Å². The Hall–Kier alpha value is -4.14. The van der Waals surface area contributed by atoms with Gasteiger partial charge in [-0.1, -0.05) is 25.0 Å². The third-order valence-electron chi connectivity index (χ3n) is 6.07. The van der Waals surface area contributed by atoms with Crippen LogP contribution in [0.15, 0.2) is 71.6 Å². The number of amides is 3. The lowest BCUT2D eigenvalue weighted by atomic mass is 10.0. The van der Waals surface area contributed by atoms with Crippen LogP contribution in [0.3, 0.4) is 0 Å². The third kappa shape index (κ3) is 5.91. The van der Waals surface area contributed by atoms with Gasteiger partial charge >= 0.3 is 0 Å². The second-order valence-electron chi connectivity index (χ2n) is 8.50. The highest BCUT2D eigenvalue weighted by molar-refractivity contribution is 6.05. The van der Waals surface area contributed by atoms with Gasteiger partial charge in [0.25, 0.3) is 5.91 Å². The Bertz CT molecular complexity index is 1160. The number of carbonyl (C=O) groups is 3. The number of nitrogens with one attached hydrogen (secondary N) is 2. The standard InChI is InChI=1S/C27H30N4O5/c1-2-35-22-11-6-5-10-21(22)31(24(32)18-29-26(33)23-12-7-17-36-23)25(19-13-15-28-16-14-19)27(34)30-20-8-3-4-9-20/h5-7,10-17,20,25H,2-4,8-9,18H2,1H3,(H,29,33)(H,30,34)/t25-/m0/s1. The van der Waals surface area contributed by atoms with Gasteiger partial charge in [0, 0.05) is 18.4 Å². The van der Waals surface area contributed by atoms with Crippen LogP contribution >= 0.6 is 0 Å². The van der Waals surface area contributed by atoms with Crippen LogP contribution in [0.5, 0.6) is 5.75 Å². The van der Waals surface area contributed by atoms with Crippen molar-refractivity contribution in [2.45, 2.75) is 44.7 Å². The highest BCUT2D eigenvalue weighted by Gasteiger charge is 2.35. The van der Waals surface area contributed by atoms with Crippen molar-refractivity contribution in [3.8, 4) is 5.75 Å². The second kappa shape index (κ2) is 12.0. The summed E-state index contributed by atoms with van der Waals surface area (Å²) in [7, 11) is 0. The van der Waals surface area contributed by atoms with E-state index in [2.05, 4.69) is 15.6 Å². The Morgan fingerprint density at radius 2 is 1.83 bits per heavy atom. The molecule has 9 heteroatoms. The van der Waals surface area contributed by atoms with Crippen LogP contribution in [0.1, 0.15) is 54.8 Å². The molecule has 2 heterocycles. The van der Waals surface area contributed by atoms with E-state index in [0.29, 0.717) is 23.6 Å². The normalized spacial score (nSPS) is 14.1. The Morgan fingerprint density at radius 3 is 2.53 bits per heavy atom. The minimum absolute atomic E-state index is 0.0552. The van der Waals surface area contributed by atoms with E-state index < -0.39 is 17.9 Å². The molecule has 1 saturated carbocycles. The molecule has 1 atom stereocenters. The Morgan fingerprint density at radius 1 is 1.08 bits per heavy atom. The van der Waals surface area contributed by atoms with Crippen LogP contribution in [0.25, 0.3) is 0 Å². The van der Waals surface area contributed by atoms with Crippen LogP contribution in [-0.4, -0.2) is 41.9 Å². The molecule has 1 aliphatic carbocycles. The largest absolute Gasteiger partial charge is 0.492 e. The number of carbonyl (C=O) groups excluding carboxylic acids is 3. The number of benzene rings is 1. The highest BCUT2D eigenvalue weighted by atomic mass is 16.5. The first kappa shape index (κ1) is 25.0. The van der Waals surface area contributed by atoms with Crippen LogP contribution in [0.2, 0.25) is 0 Å². The highest BCUT2D eigenvalue weighted by Crippen LogP contribution is 2.35. The molecule has 2 aromatic heterocycles. The van der Waals surface area contributed by atoms with Gasteiger partial charge in [0.15, 0.2) is 5.76 Å². The van der Waals surface area contributed by atoms with E-state index in [-0.39, 0.29) is 24.3 Å². The van der Waals surface area contributed by atoms with E-state index in [0.717, 1.165) is 25.7 Å². The zero-order valence-electron chi connectivity index (χ0n) is 20.2. The smallest absolute Gasteiger partial charge is 0.287 e. The van der Waals surface area contributed by atoms with Gasteiger partial charge in [-0.15, -0.1) is 0 Å². The molecule has 0 aliphatic heterocycles. The summed E-state index contributed by atoms with van der Waals surface area (Å²) in [6, 6.07) is 12.6. The minimum atomic E-state index is -0.997. The van der Waals surface area contributed by atoms with Crippen LogP contribution in [0.4, 0.5) is 5.69 Å². The van der Waals surface area contributed by atoms with Gasteiger partial charge in [0.2, 0.25) is 11.8 Å². The van der Waals surface area contributed by atoms with E-state index in [1.54, 1.807) is 54.9 Å². The molecule has 3 aromatic rings. The number of nitrogens with zero attached hydrogens (tertiary/aromatic N) is 2. The van der Waals surface area contributed by atoms with Crippen molar-refractivity contribution in [3.63, 3.8) is 0 Å². The minimum Gasteiger partial charge on any atom is -0.492 e. The van der Waals surface area contributed by atoms with Gasteiger partial charge in [-0.3, -0.25) is 24.3 Å². The fraction of sp³-hybridized carbons (Fsp3) is 0.333. The summed E-state index contributed by atoms with van der Waals surface area (Å²) in [4.78, 5) is 45.4. The number of para-hydroxylation sites is 2. The molecule has 2 N–H and O–H groups in total.